The number of thiazole rings is 1. The topological polar surface area (TPSA) is 55.6 Å². The van der Waals surface area contributed by atoms with E-state index in [-0.39, 0.29) is 0 Å². The molecule has 5 nitrogen and oxygen atoms in total. The Labute approximate surface area is 85.8 Å². The molecule has 0 aliphatic heterocycles. The smallest absolute Gasteiger partial charge is 0.140 e. The number of nitrogens with one attached hydrogen (secondary N) is 1. The largest absolute Gasteiger partial charge is 0.305 e. The molecule has 2 rings (SSSR count). The van der Waals surface area contributed by atoms with E-state index >= 15 is 0 Å². The minimum Gasteiger partial charge on any atom is -0.305 e. The molecule has 0 bridgehead atoms. The van der Waals surface area contributed by atoms with Gasteiger partial charge in [0.25, 0.3) is 0 Å². The molecule has 0 saturated carbocycles. The van der Waals surface area contributed by atoms with Crippen molar-refractivity contribution in [3.05, 3.63) is 28.7 Å². The van der Waals surface area contributed by atoms with Crippen molar-refractivity contribution in [2.24, 2.45) is 7.05 Å². The van der Waals surface area contributed by atoms with E-state index in [9.17, 15) is 0 Å². The lowest BCUT2D eigenvalue weighted by atomic mass is 10.5. The van der Waals surface area contributed by atoms with Crippen LogP contribution in [0.1, 0.15) is 10.7 Å². The molecule has 0 aliphatic carbocycles. The van der Waals surface area contributed by atoms with Crippen molar-refractivity contribution in [1.82, 2.24) is 25.1 Å². The molecular formula is C8H11N5S. The van der Waals surface area contributed by atoms with Gasteiger partial charge in [0.15, 0.2) is 0 Å². The van der Waals surface area contributed by atoms with Gasteiger partial charge in [-0.3, -0.25) is 9.67 Å². The van der Waals surface area contributed by atoms with Crippen LogP contribution in [0.5, 0.6) is 0 Å². The summed E-state index contributed by atoms with van der Waals surface area (Å²) in [6.45, 7) is 1.56. The second-order valence-corrected chi connectivity index (χ2v) is 3.84. The summed E-state index contributed by atoms with van der Waals surface area (Å²) in [7, 11) is 1.89. The van der Waals surface area contributed by atoms with Gasteiger partial charge in [-0.15, -0.1) is 11.3 Å². The fourth-order valence-corrected chi connectivity index (χ4v) is 1.67. The van der Waals surface area contributed by atoms with Crippen LogP contribution in [-0.2, 0) is 20.1 Å². The fourth-order valence-electron chi connectivity index (χ4n) is 1.11. The van der Waals surface area contributed by atoms with E-state index in [4.69, 9.17) is 0 Å². The summed E-state index contributed by atoms with van der Waals surface area (Å²) in [4.78, 5) is 9.34. The molecule has 2 aromatic heterocycles. The second kappa shape index (κ2) is 4.30. The number of aromatic nitrogens is 4. The maximum absolute atomic E-state index is 4.11. The van der Waals surface area contributed by atoms with Crippen molar-refractivity contribution >= 4 is 11.3 Å². The number of nitrogens with zero attached hydrogens (tertiary/aromatic N) is 4. The maximum atomic E-state index is 4.11. The van der Waals surface area contributed by atoms with Crippen LogP contribution in [0.4, 0.5) is 0 Å². The Hall–Kier alpha value is -1.27. The van der Waals surface area contributed by atoms with Crippen LogP contribution >= 0.6 is 11.3 Å². The summed E-state index contributed by atoms with van der Waals surface area (Å²) in [5, 5.41) is 7.27. The molecule has 0 unspecified atom stereocenters. The predicted octanol–water partition coefficient (Wildman–Crippen LogP) is 0.561. The third kappa shape index (κ3) is 2.15. The first-order chi connectivity index (χ1) is 6.86. The standard InChI is InChI=1S/C8H11N5S/c1-13-8(11-5-12-13)4-9-2-7-3-10-6-14-7/h3,5-6,9H,2,4H2,1H3. The molecule has 14 heavy (non-hydrogen) atoms. The first-order valence-electron chi connectivity index (χ1n) is 4.27. The summed E-state index contributed by atoms with van der Waals surface area (Å²) in [6.07, 6.45) is 3.43. The molecule has 0 aliphatic rings. The number of aryl methyl sites for hydroxylation is 1. The summed E-state index contributed by atoms with van der Waals surface area (Å²) >= 11 is 1.65. The minimum atomic E-state index is 0.731. The van der Waals surface area contributed by atoms with Gasteiger partial charge in [-0.05, 0) is 0 Å². The van der Waals surface area contributed by atoms with Crippen LogP contribution in [-0.4, -0.2) is 19.7 Å². The van der Waals surface area contributed by atoms with Gasteiger partial charge in [0.05, 0.1) is 12.1 Å². The minimum absolute atomic E-state index is 0.731. The van der Waals surface area contributed by atoms with Crippen LogP contribution in [0.2, 0.25) is 0 Å². The summed E-state index contributed by atoms with van der Waals surface area (Å²) in [5.41, 5.74) is 1.83. The summed E-state index contributed by atoms with van der Waals surface area (Å²) < 4.78 is 1.76. The zero-order valence-corrected chi connectivity index (χ0v) is 8.66. The zero-order chi connectivity index (χ0) is 9.80. The fraction of sp³-hybridized carbons (Fsp3) is 0.375. The van der Waals surface area contributed by atoms with Crippen molar-refractivity contribution in [2.45, 2.75) is 13.1 Å². The molecule has 0 amide bonds. The highest BCUT2D eigenvalue weighted by molar-refractivity contribution is 7.09. The molecule has 0 saturated heterocycles. The SMILES string of the molecule is Cn1ncnc1CNCc1cncs1. The van der Waals surface area contributed by atoms with E-state index < -0.39 is 0 Å². The molecule has 0 spiro atoms. The van der Waals surface area contributed by atoms with Gasteiger partial charge in [-0.25, -0.2) is 4.98 Å². The third-order valence-corrected chi connectivity index (χ3v) is 2.65. The summed E-state index contributed by atoms with van der Waals surface area (Å²) in [6, 6.07) is 0. The van der Waals surface area contributed by atoms with E-state index in [2.05, 4.69) is 20.4 Å². The molecule has 2 heterocycles. The average molecular weight is 209 g/mol. The molecule has 2 aromatic rings. The highest BCUT2D eigenvalue weighted by Crippen LogP contribution is 2.04. The third-order valence-electron chi connectivity index (χ3n) is 1.87. The van der Waals surface area contributed by atoms with E-state index in [1.54, 1.807) is 22.3 Å². The maximum Gasteiger partial charge on any atom is 0.140 e. The Balaban J connectivity index is 1.81. The average Bonchev–Trinajstić information content (AvgIpc) is 2.78. The van der Waals surface area contributed by atoms with Gasteiger partial charge in [0.1, 0.15) is 12.2 Å². The van der Waals surface area contributed by atoms with E-state index in [1.165, 1.54) is 4.88 Å². The van der Waals surface area contributed by atoms with Gasteiger partial charge in [0.2, 0.25) is 0 Å². The Kier molecular flexibility index (Phi) is 2.85. The van der Waals surface area contributed by atoms with Crippen molar-refractivity contribution in [1.29, 1.82) is 0 Å². The zero-order valence-electron chi connectivity index (χ0n) is 7.84. The monoisotopic (exact) mass is 209 g/mol. The van der Waals surface area contributed by atoms with Crippen molar-refractivity contribution in [3.8, 4) is 0 Å². The van der Waals surface area contributed by atoms with Crippen LogP contribution in [0, 0.1) is 0 Å². The molecule has 1 N–H and O–H groups in total. The number of rotatable bonds is 4. The molecule has 0 fully saturated rings. The Bertz CT molecular complexity index is 380. The molecule has 0 atom stereocenters. The number of hydrogen-bond acceptors (Lipinski definition) is 5. The molecule has 6 heteroatoms. The second-order valence-electron chi connectivity index (χ2n) is 2.87. The van der Waals surface area contributed by atoms with E-state index in [0.717, 1.165) is 18.9 Å². The normalized spacial score (nSPS) is 10.6. The molecule has 0 aromatic carbocycles. The van der Waals surface area contributed by atoms with Gasteiger partial charge >= 0.3 is 0 Å². The Morgan fingerprint density at radius 2 is 2.43 bits per heavy atom. The Morgan fingerprint density at radius 1 is 1.50 bits per heavy atom. The van der Waals surface area contributed by atoms with Crippen LogP contribution in [0.15, 0.2) is 18.0 Å². The lowest BCUT2D eigenvalue weighted by Gasteiger charge is -2.01. The van der Waals surface area contributed by atoms with Crippen molar-refractivity contribution in [3.63, 3.8) is 0 Å². The quantitative estimate of drug-likeness (QED) is 0.799. The van der Waals surface area contributed by atoms with Gasteiger partial charge in [0, 0.05) is 24.7 Å². The van der Waals surface area contributed by atoms with E-state index in [1.807, 2.05) is 18.8 Å². The predicted molar refractivity (Wildman–Crippen MR) is 53.7 cm³/mol. The summed E-state index contributed by atoms with van der Waals surface area (Å²) in [5.74, 6) is 0.939. The van der Waals surface area contributed by atoms with Crippen LogP contribution < -0.4 is 5.32 Å². The molecular weight excluding hydrogens is 198 g/mol. The van der Waals surface area contributed by atoms with Crippen molar-refractivity contribution in [2.75, 3.05) is 0 Å². The van der Waals surface area contributed by atoms with Crippen LogP contribution in [0.25, 0.3) is 0 Å². The highest BCUT2D eigenvalue weighted by atomic mass is 32.1. The first-order valence-corrected chi connectivity index (χ1v) is 5.15. The van der Waals surface area contributed by atoms with Gasteiger partial charge < -0.3 is 5.32 Å². The van der Waals surface area contributed by atoms with Gasteiger partial charge in [-0.2, -0.15) is 5.10 Å². The van der Waals surface area contributed by atoms with Crippen molar-refractivity contribution < 1.29 is 0 Å². The van der Waals surface area contributed by atoms with Gasteiger partial charge in [-0.1, -0.05) is 0 Å². The molecule has 74 valence electrons. The first kappa shape index (κ1) is 9.29. The lowest BCUT2D eigenvalue weighted by molar-refractivity contribution is 0.617. The number of hydrogen-bond donors (Lipinski definition) is 1. The highest BCUT2D eigenvalue weighted by Gasteiger charge is 1.99. The lowest BCUT2D eigenvalue weighted by Crippen LogP contribution is -2.15. The van der Waals surface area contributed by atoms with Crippen LogP contribution in [0.3, 0.4) is 0 Å². The molecule has 0 radical (unpaired) electrons. The van der Waals surface area contributed by atoms with E-state index in [0.29, 0.717) is 0 Å². The Morgan fingerprint density at radius 3 is 3.07 bits per heavy atom.